The molecule has 1 aliphatic carbocycles. The van der Waals surface area contributed by atoms with Gasteiger partial charge in [0.05, 0.1) is 12.5 Å². The molecule has 0 aromatic rings. The summed E-state index contributed by atoms with van der Waals surface area (Å²) in [6, 6.07) is 0.560. The highest BCUT2D eigenvalue weighted by Gasteiger charge is 2.34. The molecule has 4 heteroatoms. The molecule has 0 spiro atoms. The molecule has 1 amide bonds. The highest BCUT2D eigenvalue weighted by atomic mass is 16.5. The predicted molar refractivity (Wildman–Crippen MR) is 57.1 cm³/mol. The summed E-state index contributed by atoms with van der Waals surface area (Å²) in [6.07, 6.45) is 6.39. The van der Waals surface area contributed by atoms with Crippen molar-refractivity contribution in [2.45, 2.75) is 38.1 Å². The highest BCUT2D eigenvalue weighted by Crippen LogP contribution is 2.24. The minimum atomic E-state index is 0.0249. The normalized spacial score (nSPS) is 29.4. The summed E-state index contributed by atoms with van der Waals surface area (Å²) < 4.78 is 5.04. The fraction of sp³-hybridized carbons (Fsp3) is 0.909. The Bertz CT molecular complexity index is 227. The molecular weight excluding hydrogens is 192 g/mol. The van der Waals surface area contributed by atoms with Gasteiger partial charge in [0.15, 0.2) is 0 Å². The number of hydrogen-bond acceptors (Lipinski definition) is 3. The Hall–Kier alpha value is -0.610. The molecule has 15 heavy (non-hydrogen) atoms. The summed E-state index contributed by atoms with van der Waals surface area (Å²) >= 11 is 0. The topological polar surface area (TPSA) is 41.6 Å². The van der Waals surface area contributed by atoms with E-state index in [1.807, 2.05) is 0 Å². The highest BCUT2D eigenvalue weighted by molar-refractivity contribution is 5.80. The standard InChI is InChI=1S/C11H20N2O2/c1-15-8-9-7-13(12-11(9)14)10-5-3-2-4-6-10/h9-10H,2-8H2,1H3,(H,12,14). The summed E-state index contributed by atoms with van der Waals surface area (Å²) in [5, 5.41) is 2.13. The molecule has 0 bridgehead atoms. The van der Waals surface area contributed by atoms with Crippen LogP contribution in [0.3, 0.4) is 0 Å². The Morgan fingerprint density at radius 2 is 2.13 bits per heavy atom. The molecule has 1 aliphatic heterocycles. The third-order valence-corrected chi connectivity index (χ3v) is 3.42. The zero-order valence-corrected chi connectivity index (χ0v) is 9.37. The van der Waals surface area contributed by atoms with Crippen LogP contribution in [0.5, 0.6) is 0 Å². The predicted octanol–water partition coefficient (Wildman–Crippen LogP) is 0.929. The van der Waals surface area contributed by atoms with Crippen LogP contribution in [-0.2, 0) is 9.53 Å². The average molecular weight is 212 g/mol. The quantitative estimate of drug-likeness (QED) is 0.756. The fourth-order valence-corrected chi connectivity index (χ4v) is 2.56. The number of nitrogens with one attached hydrogen (secondary N) is 1. The number of amides is 1. The summed E-state index contributed by atoms with van der Waals surface area (Å²) in [5.74, 6) is 0.152. The molecule has 2 rings (SSSR count). The van der Waals surface area contributed by atoms with Crippen LogP contribution in [-0.4, -0.2) is 37.2 Å². The number of carbonyl (C=O) groups is 1. The van der Waals surface area contributed by atoms with Gasteiger partial charge < -0.3 is 4.74 Å². The molecule has 1 heterocycles. The monoisotopic (exact) mass is 212 g/mol. The number of nitrogens with zero attached hydrogens (tertiary/aromatic N) is 1. The number of hydrogen-bond donors (Lipinski definition) is 1. The molecule has 1 N–H and O–H groups in total. The number of methoxy groups -OCH3 is 1. The molecule has 1 saturated heterocycles. The Kier molecular flexibility index (Phi) is 3.59. The Balaban J connectivity index is 1.87. The number of carbonyl (C=O) groups excluding carboxylic acids is 1. The maximum atomic E-state index is 11.6. The summed E-state index contributed by atoms with van der Waals surface area (Å²) in [4.78, 5) is 11.6. The van der Waals surface area contributed by atoms with E-state index in [0.29, 0.717) is 12.6 Å². The minimum absolute atomic E-state index is 0.0249. The maximum absolute atomic E-state index is 11.6. The van der Waals surface area contributed by atoms with Crippen molar-refractivity contribution in [1.29, 1.82) is 0 Å². The first kappa shape index (κ1) is 10.9. The lowest BCUT2D eigenvalue weighted by atomic mass is 9.95. The molecule has 1 unspecified atom stereocenters. The van der Waals surface area contributed by atoms with E-state index in [4.69, 9.17) is 4.74 Å². The lowest BCUT2D eigenvalue weighted by molar-refractivity contribution is -0.125. The van der Waals surface area contributed by atoms with E-state index < -0.39 is 0 Å². The van der Waals surface area contributed by atoms with Gasteiger partial charge in [-0.2, -0.15) is 0 Å². The van der Waals surface area contributed by atoms with E-state index in [2.05, 4.69) is 10.4 Å². The smallest absolute Gasteiger partial charge is 0.241 e. The van der Waals surface area contributed by atoms with Crippen LogP contribution in [0.25, 0.3) is 0 Å². The van der Waals surface area contributed by atoms with Crippen molar-refractivity contribution in [2.24, 2.45) is 5.92 Å². The van der Waals surface area contributed by atoms with E-state index in [1.54, 1.807) is 7.11 Å². The third kappa shape index (κ3) is 2.49. The van der Waals surface area contributed by atoms with Gasteiger partial charge in [-0.1, -0.05) is 19.3 Å². The number of rotatable bonds is 3. The first-order chi connectivity index (χ1) is 7.31. The van der Waals surface area contributed by atoms with Gasteiger partial charge >= 0.3 is 0 Å². The van der Waals surface area contributed by atoms with Crippen molar-refractivity contribution in [3.8, 4) is 0 Å². The second kappa shape index (κ2) is 4.94. The molecular formula is C11H20N2O2. The number of ether oxygens (including phenoxy) is 1. The van der Waals surface area contributed by atoms with Crippen molar-refractivity contribution < 1.29 is 9.53 Å². The number of hydrazine groups is 1. The van der Waals surface area contributed by atoms with Crippen molar-refractivity contribution in [3.05, 3.63) is 0 Å². The Morgan fingerprint density at radius 1 is 1.40 bits per heavy atom. The van der Waals surface area contributed by atoms with Crippen molar-refractivity contribution in [2.75, 3.05) is 20.3 Å². The maximum Gasteiger partial charge on any atom is 0.241 e. The van der Waals surface area contributed by atoms with Gasteiger partial charge in [0.1, 0.15) is 0 Å². The molecule has 2 aliphatic rings. The van der Waals surface area contributed by atoms with E-state index >= 15 is 0 Å². The van der Waals surface area contributed by atoms with Gasteiger partial charge in [0.2, 0.25) is 5.91 Å². The van der Waals surface area contributed by atoms with Gasteiger partial charge in [-0.15, -0.1) is 0 Å². The largest absolute Gasteiger partial charge is 0.384 e. The zero-order chi connectivity index (χ0) is 10.7. The molecule has 0 aromatic carbocycles. The van der Waals surface area contributed by atoms with Crippen LogP contribution in [0.15, 0.2) is 0 Å². The molecule has 0 aromatic heterocycles. The zero-order valence-electron chi connectivity index (χ0n) is 9.37. The van der Waals surface area contributed by atoms with E-state index in [1.165, 1.54) is 32.1 Å². The summed E-state index contributed by atoms with van der Waals surface area (Å²) in [6.45, 7) is 1.35. The molecule has 4 nitrogen and oxygen atoms in total. The minimum Gasteiger partial charge on any atom is -0.384 e. The Labute approximate surface area is 90.9 Å². The van der Waals surface area contributed by atoms with Gasteiger partial charge in [0, 0.05) is 19.7 Å². The van der Waals surface area contributed by atoms with Crippen LogP contribution in [0, 0.1) is 5.92 Å². The van der Waals surface area contributed by atoms with Crippen LogP contribution in [0.2, 0.25) is 0 Å². The van der Waals surface area contributed by atoms with Gasteiger partial charge in [-0.05, 0) is 12.8 Å². The summed E-state index contributed by atoms with van der Waals surface area (Å²) in [7, 11) is 1.65. The first-order valence-corrected chi connectivity index (χ1v) is 5.87. The molecule has 0 radical (unpaired) electrons. The van der Waals surface area contributed by atoms with E-state index in [0.717, 1.165) is 6.54 Å². The fourth-order valence-electron chi connectivity index (χ4n) is 2.56. The van der Waals surface area contributed by atoms with E-state index in [-0.39, 0.29) is 11.8 Å². The Morgan fingerprint density at radius 3 is 2.80 bits per heavy atom. The second-order valence-electron chi connectivity index (χ2n) is 4.57. The van der Waals surface area contributed by atoms with Crippen LogP contribution in [0.1, 0.15) is 32.1 Å². The molecule has 1 atom stereocenters. The molecule has 86 valence electrons. The van der Waals surface area contributed by atoms with Crippen LogP contribution < -0.4 is 5.43 Å². The van der Waals surface area contributed by atoms with Gasteiger partial charge in [-0.3, -0.25) is 10.2 Å². The lowest BCUT2D eigenvalue weighted by Gasteiger charge is -2.30. The third-order valence-electron chi connectivity index (χ3n) is 3.42. The van der Waals surface area contributed by atoms with Gasteiger partial charge in [-0.25, -0.2) is 5.01 Å². The second-order valence-corrected chi connectivity index (χ2v) is 4.57. The first-order valence-electron chi connectivity index (χ1n) is 5.87. The van der Waals surface area contributed by atoms with Crippen LogP contribution >= 0.6 is 0 Å². The van der Waals surface area contributed by atoms with Crippen LogP contribution in [0.4, 0.5) is 0 Å². The van der Waals surface area contributed by atoms with Crippen molar-refractivity contribution in [3.63, 3.8) is 0 Å². The SMILES string of the molecule is COCC1CN(C2CCCCC2)NC1=O. The molecule has 2 fully saturated rings. The molecule has 1 saturated carbocycles. The van der Waals surface area contributed by atoms with Gasteiger partial charge in [0.25, 0.3) is 0 Å². The van der Waals surface area contributed by atoms with Crippen molar-refractivity contribution >= 4 is 5.91 Å². The average Bonchev–Trinajstić information content (AvgIpc) is 2.63. The summed E-state index contributed by atoms with van der Waals surface area (Å²) in [5.41, 5.74) is 2.97. The lowest BCUT2D eigenvalue weighted by Crippen LogP contribution is -2.42. The van der Waals surface area contributed by atoms with Crippen molar-refractivity contribution in [1.82, 2.24) is 10.4 Å². The van der Waals surface area contributed by atoms with E-state index in [9.17, 15) is 4.79 Å².